The number of esters is 1. The molecule has 0 N–H and O–H groups in total. The number of halogens is 2. The van der Waals surface area contributed by atoms with Crippen LogP contribution in [-0.4, -0.2) is 35.3 Å². The Balaban J connectivity index is 1.73. The fourth-order valence-electron chi connectivity index (χ4n) is 5.49. The van der Waals surface area contributed by atoms with Gasteiger partial charge in [0.1, 0.15) is 11.4 Å². The number of hydrogen-bond donors (Lipinski definition) is 0. The molecule has 1 atom stereocenters. The van der Waals surface area contributed by atoms with Gasteiger partial charge in [0.2, 0.25) is 0 Å². The highest BCUT2D eigenvalue weighted by Crippen LogP contribution is 2.49. The molecule has 4 rings (SSSR count). The molecule has 5 nitrogen and oxygen atoms in total. The number of rotatable bonds is 4. The molecule has 0 saturated heterocycles. The number of ether oxygens (including phenoxy) is 1. The van der Waals surface area contributed by atoms with Crippen molar-refractivity contribution >= 4 is 40.8 Å². The molecule has 2 aromatic carbocycles. The zero-order valence-electron chi connectivity index (χ0n) is 20.9. The molecule has 1 unspecified atom stereocenters. The van der Waals surface area contributed by atoms with Crippen LogP contribution in [0.2, 0.25) is 10.0 Å². The van der Waals surface area contributed by atoms with Gasteiger partial charge in [-0.15, -0.1) is 0 Å². The second kappa shape index (κ2) is 9.59. The lowest BCUT2D eigenvalue weighted by molar-refractivity contribution is -0.132. The van der Waals surface area contributed by atoms with E-state index < -0.39 is 5.66 Å². The van der Waals surface area contributed by atoms with Gasteiger partial charge in [-0.05, 0) is 79.8 Å². The van der Waals surface area contributed by atoms with Gasteiger partial charge in [0.25, 0.3) is 5.91 Å². The molecular formula is C28H32Cl2N2O3. The summed E-state index contributed by atoms with van der Waals surface area (Å²) in [6.07, 6.45) is 3.58. The first kappa shape index (κ1) is 25.7. The lowest BCUT2D eigenvalue weighted by atomic mass is 9.69. The van der Waals surface area contributed by atoms with Crippen LogP contribution in [0.15, 0.2) is 47.5 Å². The van der Waals surface area contributed by atoms with E-state index in [0.29, 0.717) is 32.8 Å². The van der Waals surface area contributed by atoms with Crippen LogP contribution < -0.4 is 0 Å². The van der Waals surface area contributed by atoms with Crippen molar-refractivity contribution in [3.63, 3.8) is 0 Å². The predicted molar refractivity (Wildman–Crippen MR) is 140 cm³/mol. The van der Waals surface area contributed by atoms with Crippen LogP contribution in [0.3, 0.4) is 0 Å². The molecule has 1 aliphatic heterocycles. The van der Waals surface area contributed by atoms with Gasteiger partial charge < -0.3 is 9.64 Å². The Morgan fingerprint density at radius 1 is 1.09 bits per heavy atom. The lowest BCUT2D eigenvalue weighted by Gasteiger charge is -2.46. The van der Waals surface area contributed by atoms with Crippen LogP contribution in [0, 0.1) is 11.3 Å². The Kier molecular flexibility index (Phi) is 7.05. The Morgan fingerprint density at radius 3 is 2.17 bits per heavy atom. The van der Waals surface area contributed by atoms with E-state index in [-0.39, 0.29) is 23.3 Å². The van der Waals surface area contributed by atoms with Crippen molar-refractivity contribution in [3.8, 4) is 0 Å². The third-order valence-corrected chi connectivity index (χ3v) is 7.97. The van der Waals surface area contributed by atoms with Crippen LogP contribution in [0.5, 0.6) is 0 Å². The molecule has 7 heteroatoms. The maximum absolute atomic E-state index is 14.0. The minimum absolute atomic E-state index is 0.123. The summed E-state index contributed by atoms with van der Waals surface area (Å²) >= 11 is 12.5. The second-order valence-electron chi connectivity index (χ2n) is 10.7. The fourth-order valence-corrected chi connectivity index (χ4v) is 6.02. The molecule has 1 spiro atoms. The highest BCUT2D eigenvalue weighted by atomic mass is 35.5. The van der Waals surface area contributed by atoms with Crippen molar-refractivity contribution in [2.45, 2.75) is 65.1 Å². The Bertz CT molecular complexity index is 1140. The molecule has 2 aromatic rings. The second-order valence-corrected chi connectivity index (χ2v) is 11.6. The quantitative estimate of drug-likeness (QED) is 0.408. The molecule has 1 fully saturated rings. The minimum Gasteiger partial charge on any atom is -0.465 e. The summed E-state index contributed by atoms with van der Waals surface area (Å²) in [5, 5.41) is 0.941. The largest absolute Gasteiger partial charge is 0.465 e. The van der Waals surface area contributed by atoms with Crippen molar-refractivity contribution in [3.05, 3.63) is 69.2 Å². The summed E-state index contributed by atoms with van der Waals surface area (Å²) in [6.45, 7) is 8.86. The van der Waals surface area contributed by atoms with E-state index >= 15 is 0 Å². The molecule has 1 heterocycles. The first-order valence-electron chi connectivity index (χ1n) is 12.0. The smallest absolute Gasteiger partial charge is 0.337 e. The summed E-state index contributed by atoms with van der Waals surface area (Å²) in [6, 6.07) is 12.1. The number of benzene rings is 2. The maximum Gasteiger partial charge on any atom is 0.337 e. The van der Waals surface area contributed by atoms with E-state index in [2.05, 4.69) is 20.8 Å². The van der Waals surface area contributed by atoms with Crippen molar-refractivity contribution in [1.82, 2.24) is 4.90 Å². The Morgan fingerprint density at radius 2 is 1.66 bits per heavy atom. The van der Waals surface area contributed by atoms with E-state index in [0.717, 1.165) is 31.2 Å². The third kappa shape index (κ3) is 4.99. The number of carbonyl (C=O) groups excluding carboxylic acids is 2. The Labute approximate surface area is 217 Å². The van der Waals surface area contributed by atoms with Crippen molar-refractivity contribution in [2.75, 3.05) is 7.11 Å². The first-order valence-corrected chi connectivity index (χ1v) is 12.8. The molecule has 0 bridgehead atoms. The van der Waals surface area contributed by atoms with Crippen LogP contribution in [0.25, 0.3) is 0 Å². The summed E-state index contributed by atoms with van der Waals surface area (Å²) in [5.41, 5.74) is 2.04. The SMILES string of the molecule is COC(=O)c1ccc(C(C)N2C(=O)C(c3cc(Cl)cc(Cl)c3)=NC23CCC(C(C)(C)C)CC3)cc1. The molecule has 1 saturated carbocycles. The monoisotopic (exact) mass is 514 g/mol. The molecule has 2 aliphatic rings. The summed E-state index contributed by atoms with van der Waals surface area (Å²) in [5.74, 6) is 0.0588. The van der Waals surface area contributed by atoms with Gasteiger partial charge >= 0.3 is 5.97 Å². The van der Waals surface area contributed by atoms with Crippen LogP contribution in [0.4, 0.5) is 0 Å². The summed E-state index contributed by atoms with van der Waals surface area (Å²) in [4.78, 5) is 32.9. The first-order chi connectivity index (χ1) is 16.4. The highest BCUT2D eigenvalue weighted by Gasteiger charge is 2.52. The molecule has 1 aliphatic carbocycles. The Hall–Kier alpha value is -2.37. The van der Waals surface area contributed by atoms with Gasteiger partial charge in [-0.3, -0.25) is 9.79 Å². The zero-order chi connectivity index (χ0) is 25.5. The number of amides is 1. The average Bonchev–Trinajstić information content (AvgIpc) is 3.08. The summed E-state index contributed by atoms with van der Waals surface area (Å²) < 4.78 is 4.82. The van der Waals surface area contributed by atoms with E-state index in [1.165, 1.54) is 7.11 Å². The third-order valence-electron chi connectivity index (χ3n) is 7.54. The van der Waals surface area contributed by atoms with Crippen molar-refractivity contribution < 1.29 is 14.3 Å². The number of aliphatic imine (C=N–C) groups is 1. The molecule has 0 aromatic heterocycles. The zero-order valence-corrected chi connectivity index (χ0v) is 22.4. The van der Waals surface area contributed by atoms with E-state index in [9.17, 15) is 9.59 Å². The van der Waals surface area contributed by atoms with Gasteiger partial charge in [-0.2, -0.15) is 0 Å². The standard InChI is InChI=1S/C28H32Cl2N2O3/c1-17(18-6-8-19(9-7-18)26(34)35-5)32-25(33)24(20-14-22(29)16-23(30)15-20)31-28(32)12-10-21(11-13-28)27(2,3)4/h6-9,14-17,21H,10-13H2,1-5H3. The number of hydrogen-bond acceptors (Lipinski definition) is 4. The summed E-state index contributed by atoms with van der Waals surface area (Å²) in [7, 11) is 1.36. The van der Waals surface area contributed by atoms with Crippen molar-refractivity contribution in [2.24, 2.45) is 16.3 Å². The van der Waals surface area contributed by atoms with Crippen LogP contribution in [0.1, 0.15) is 80.9 Å². The van der Waals surface area contributed by atoms with E-state index in [4.69, 9.17) is 32.9 Å². The fraction of sp³-hybridized carbons (Fsp3) is 0.464. The van der Waals surface area contributed by atoms with E-state index in [1.807, 2.05) is 24.0 Å². The van der Waals surface area contributed by atoms with Gasteiger partial charge in [0.15, 0.2) is 0 Å². The molecule has 0 radical (unpaired) electrons. The van der Waals surface area contributed by atoms with E-state index in [1.54, 1.807) is 30.3 Å². The molecule has 186 valence electrons. The topological polar surface area (TPSA) is 59.0 Å². The highest BCUT2D eigenvalue weighted by molar-refractivity contribution is 6.47. The van der Waals surface area contributed by atoms with Crippen LogP contribution in [-0.2, 0) is 9.53 Å². The molecule has 35 heavy (non-hydrogen) atoms. The van der Waals surface area contributed by atoms with Gasteiger partial charge in [-0.1, -0.05) is 56.1 Å². The molecular weight excluding hydrogens is 483 g/mol. The minimum atomic E-state index is -0.622. The normalized spacial score (nSPS) is 23.4. The molecule has 1 amide bonds. The number of nitrogens with zero attached hydrogens (tertiary/aromatic N) is 2. The average molecular weight is 515 g/mol. The van der Waals surface area contributed by atoms with Gasteiger partial charge in [0.05, 0.1) is 18.7 Å². The lowest BCUT2D eigenvalue weighted by Crippen LogP contribution is -2.50. The van der Waals surface area contributed by atoms with Gasteiger partial charge in [0, 0.05) is 15.6 Å². The van der Waals surface area contributed by atoms with Gasteiger partial charge in [-0.25, -0.2) is 4.79 Å². The number of carbonyl (C=O) groups is 2. The van der Waals surface area contributed by atoms with Crippen molar-refractivity contribution in [1.29, 1.82) is 0 Å². The predicted octanol–water partition coefficient (Wildman–Crippen LogP) is 7.11. The number of methoxy groups -OCH3 is 1. The maximum atomic E-state index is 14.0. The van der Waals surface area contributed by atoms with Crippen LogP contribution >= 0.6 is 23.2 Å².